The minimum atomic E-state index is -1.37. The van der Waals surface area contributed by atoms with Gasteiger partial charge in [0.2, 0.25) is 0 Å². The van der Waals surface area contributed by atoms with E-state index >= 15 is 0 Å². The van der Waals surface area contributed by atoms with Gasteiger partial charge in [-0.1, -0.05) is 30.3 Å². The molecule has 0 radical (unpaired) electrons. The van der Waals surface area contributed by atoms with Crippen molar-refractivity contribution in [1.82, 2.24) is 0 Å². The van der Waals surface area contributed by atoms with Crippen molar-refractivity contribution in [3.05, 3.63) is 35.9 Å². The smallest absolute Gasteiger partial charge is 0.303 e. The number of esters is 4. The first-order valence-corrected chi connectivity index (χ1v) is 13.2. The van der Waals surface area contributed by atoms with Crippen LogP contribution in [0.25, 0.3) is 0 Å². The Balaban J connectivity index is 1.44. The maximum atomic E-state index is 12.2. The van der Waals surface area contributed by atoms with E-state index < -0.39 is 91.6 Å². The fourth-order valence-electron chi connectivity index (χ4n) is 5.38. The van der Waals surface area contributed by atoms with Gasteiger partial charge in [0, 0.05) is 33.3 Å². The summed E-state index contributed by atoms with van der Waals surface area (Å²) in [5.74, 6) is -2.67. The van der Waals surface area contributed by atoms with Crippen molar-refractivity contribution >= 4 is 23.9 Å². The summed E-state index contributed by atoms with van der Waals surface area (Å²) in [5, 5.41) is 0. The minimum Gasteiger partial charge on any atom is -0.455 e. The Hall–Kier alpha value is -3.14. The zero-order valence-corrected chi connectivity index (χ0v) is 22.9. The monoisotopic (exact) mass is 580 g/mol. The lowest BCUT2D eigenvalue weighted by Crippen LogP contribution is -2.66. The predicted molar refractivity (Wildman–Crippen MR) is 130 cm³/mol. The number of fused-ring (bicyclic) bond motifs is 3. The number of carbonyl (C=O) groups excluding carboxylic acids is 4. The standard InChI is InChI=1S/C27H32O14/c1-12(28)34-21-20(17-11-33-26(38-17)23(21)36-14(3)30)41-27-24(37-15(4)31)22(35-13(2)29)19-18(39-27)10-32-25(40-19)16-8-6-5-7-9-16/h5-9,17-27H,10-11H2,1-4H3/t17-,18-,19-,20-,21+,22+,23-,24-,25?,26-,27+/m1/s1. The lowest BCUT2D eigenvalue weighted by molar-refractivity contribution is -0.377. The van der Waals surface area contributed by atoms with E-state index in [4.69, 9.17) is 47.4 Å². The molecule has 11 atom stereocenters. The maximum Gasteiger partial charge on any atom is 0.303 e. The average Bonchev–Trinajstić information content (AvgIpc) is 3.35. The predicted octanol–water partition coefficient (Wildman–Crippen LogP) is 0.693. The van der Waals surface area contributed by atoms with Gasteiger partial charge in [-0.2, -0.15) is 0 Å². The van der Waals surface area contributed by atoms with Crippen LogP contribution in [0.1, 0.15) is 39.5 Å². The molecule has 0 aromatic heterocycles. The van der Waals surface area contributed by atoms with E-state index in [1.165, 1.54) is 27.7 Å². The van der Waals surface area contributed by atoms with Crippen LogP contribution >= 0.6 is 0 Å². The molecule has 224 valence electrons. The Morgan fingerprint density at radius 2 is 1.22 bits per heavy atom. The van der Waals surface area contributed by atoms with Gasteiger partial charge in [0.25, 0.3) is 0 Å². The van der Waals surface area contributed by atoms with Crippen molar-refractivity contribution in [2.75, 3.05) is 13.2 Å². The van der Waals surface area contributed by atoms with Gasteiger partial charge in [0.1, 0.15) is 24.4 Å². The highest BCUT2D eigenvalue weighted by molar-refractivity contribution is 5.68. The first-order chi connectivity index (χ1) is 19.6. The lowest BCUT2D eigenvalue weighted by Gasteiger charge is -2.49. The van der Waals surface area contributed by atoms with Gasteiger partial charge in [-0.25, -0.2) is 0 Å². The van der Waals surface area contributed by atoms with E-state index in [0.29, 0.717) is 0 Å². The molecular weight excluding hydrogens is 548 g/mol. The van der Waals surface area contributed by atoms with Crippen molar-refractivity contribution in [3.63, 3.8) is 0 Å². The second-order valence-electron chi connectivity index (χ2n) is 9.99. The first-order valence-electron chi connectivity index (χ1n) is 13.2. The van der Waals surface area contributed by atoms with Crippen LogP contribution < -0.4 is 0 Å². The van der Waals surface area contributed by atoms with Crippen LogP contribution in [0.5, 0.6) is 0 Å². The summed E-state index contributed by atoms with van der Waals surface area (Å²) in [6, 6.07) is 9.14. The third kappa shape index (κ3) is 6.52. The molecular formula is C27H32O14. The van der Waals surface area contributed by atoms with Crippen LogP contribution in [0.2, 0.25) is 0 Å². The van der Waals surface area contributed by atoms with Crippen molar-refractivity contribution < 1.29 is 66.5 Å². The highest BCUT2D eigenvalue weighted by Crippen LogP contribution is 2.40. The van der Waals surface area contributed by atoms with Crippen LogP contribution in [-0.4, -0.2) is 98.5 Å². The molecule has 0 aliphatic carbocycles. The van der Waals surface area contributed by atoms with E-state index in [2.05, 4.69) is 0 Å². The van der Waals surface area contributed by atoms with Gasteiger partial charge in [0.05, 0.1) is 13.2 Å². The normalized spacial score (nSPS) is 37.8. The summed E-state index contributed by atoms with van der Waals surface area (Å²) in [5.41, 5.74) is 0.728. The molecule has 41 heavy (non-hydrogen) atoms. The molecule has 0 spiro atoms. The largest absolute Gasteiger partial charge is 0.455 e. The molecule has 1 aromatic rings. The lowest BCUT2D eigenvalue weighted by atomic mass is 9.96. The number of hydrogen-bond donors (Lipinski definition) is 0. The van der Waals surface area contributed by atoms with Crippen LogP contribution in [0.15, 0.2) is 30.3 Å². The van der Waals surface area contributed by atoms with Gasteiger partial charge in [-0.15, -0.1) is 0 Å². The van der Waals surface area contributed by atoms with Crippen molar-refractivity contribution in [3.8, 4) is 0 Å². The van der Waals surface area contributed by atoms with E-state index in [0.717, 1.165) is 5.56 Å². The van der Waals surface area contributed by atoms with Crippen LogP contribution in [0.3, 0.4) is 0 Å². The molecule has 2 bridgehead atoms. The van der Waals surface area contributed by atoms with E-state index in [1.807, 2.05) is 30.3 Å². The summed E-state index contributed by atoms with van der Waals surface area (Å²) in [4.78, 5) is 48.3. The van der Waals surface area contributed by atoms with Crippen molar-refractivity contribution in [2.45, 2.75) is 95.4 Å². The van der Waals surface area contributed by atoms with Gasteiger partial charge >= 0.3 is 23.9 Å². The summed E-state index contributed by atoms with van der Waals surface area (Å²) in [6.07, 6.45) is -11.5. The number of ether oxygens (including phenoxy) is 10. The zero-order chi connectivity index (χ0) is 29.3. The molecule has 4 aliphatic heterocycles. The van der Waals surface area contributed by atoms with Crippen LogP contribution in [0.4, 0.5) is 0 Å². The molecule has 0 N–H and O–H groups in total. The fraction of sp³-hybridized carbons (Fsp3) is 0.630. The van der Waals surface area contributed by atoms with Crippen molar-refractivity contribution in [2.24, 2.45) is 0 Å². The Bertz CT molecular complexity index is 1130. The molecule has 14 nitrogen and oxygen atoms in total. The Morgan fingerprint density at radius 3 is 1.88 bits per heavy atom. The summed E-state index contributed by atoms with van der Waals surface area (Å²) < 4.78 is 58.2. The second-order valence-corrected chi connectivity index (χ2v) is 9.99. The fourth-order valence-corrected chi connectivity index (χ4v) is 5.38. The topological polar surface area (TPSA) is 161 Å². The summed E-state index contributed by atoms with van der Waals surface area (Å²) in [6.45, 7) is 4.83. The molecule has 4 saturated heterocycles. The van der Waals surface area contributed by atoms with E-state index in [1.54, 1.807) is 0 Å². The SMILES string of the molecule is CC(=O)O[C@@H]1[C@@H](OC(C)=O)[C@H](O[C@H]2[C@H](OC(C)=O)[C@@H](OC(C)=O)[C@@H]3OC[C@H]2O3)O[C@@H]2COC(c3ccccc3)O[C@@H]12. The first kappa shape index (κ1) is 29.4. The molecule has 14 heteroatoms. The molecule has 0 amide bonds. The van der Waals surface area contributed by atoms with Gasteiger partial charge in [-0.05, 0) is 0 Å². The van der Waals surface area contributed by atoms with Gasteiger partial charge < -0.3 is 47.4 Å². The molecule has 4 heterocycles. The molecule has 1 aromatic carbocycles. The van der Waals surface area contributed by atoms with E-state index in [9.17, 15) is 19.2 Å². The third-order valence-corrected chi connectivity index (χ3v) is 6.87. The summed E-state index contributed by atoms with van der Waals surface area (Å²) >= 11 is 0. The molecule has 1 unspecified atom stereocenters. The highest BCUT2D eigenvalue weighted by atomic mass is 16.8. The third-order valence-electron chi connectivity index (χ3n) is 6.87. The molecule has 5 rings (SSSR count). The Kier molecular flexibility index (Phi) is 8.87. The number of rotatable bonds is 7. The molecule has 4 fully saturated rings. The van der Waals surface area contributed by atoms with E-state index in [-0.39, 0.29) is 13.2 Å². The average molecular weight is 581 g/mol. The van der Waals surface area contributed by atoms with Crippen LogP contribution in [0, 0.1) is 0 Å². The second kappa shape index (κ2) is 12.4. The highest BCUT2D eigenvalue weighted by Gasteiger charge is 2.59. The number of carbonyl (C=O) groups is 4. The van der Waals surface area contributed by atoms with Gasteiger partial charge in [-0.3, -0.25) is 19.2 Å². The van der Waals surface area contributed by atoms with Gasteiger partial charge in [0.15, 0.2) is 43.3 Å². The zero-order valence-electron chi connectivity index (χ0n) is 22.9. The molecule has 4 aliphatic rings. The minimum absolute atomic E-state index is 0.0217. The quantitative estimate of drug-likeness (QED) is 0.327. The Labute approximate surface area is 235 Å². The molecule has 0 saturated carbocycles. The summed E-state index contributed by atoms with van der Waals surface area (Å²) in [7, 11) is 0. The van der Waals surface area contributed by atoms with Crippen molar-refractivity contribution in [1.29, 1.82) is 0 Å². The Morgan fingerprint density at radius 1 is 0.634 bits per heavy atom. The van der Waals surface area contributed by atoms with Crippen LogP contribution in [-0.2, 0) is 66.5 Å². The maximum absolute atomic E-state index is 12.2. The number of hydrogen-bond acceptors (Lipinski definition) is 14. The number of benzene rings is 1.